The van der Waals surface area contributed by atoms with Crippen molar-refractivity contribution in [2.45, 2.75) is 39.2 Å². The van der Waals surface area contributed by atoms with E-state index >= 15 is 0 Å². The molecule has 1 aromatic rings. The molecule has 0 radical (unpaired) electrons. The summed E-state index contributed by atoms with van der Waals surface area (Å²) < 4.78 is 10.6. The van der Waals surface area contributed by atoms with Gasteiger partial charge in [0.2, 0.25) is 11.8 Å². The summed E-state index contributed by atoms with van der Waals surface area (Å²) in [5, 5.41) is 11.4. The van der Waals surface area contributed by atoms with Crippen molar-refractivity contribution in [1.29, 1.82) is 0 Å². The van der Waals surface area contributed by atoms with Crippen LogP contribution in [0, 0.1) is 0 Å². The fraction of sp³-hybridized carbons (Fsp3) is 0.818. The molecule has 1 aromatic heterocycles. The molecule has 5 nitrogen and oxygen atoms in total. The molecule has 1 unspecified atom stereocenters. The molecule has 0 aliphatic heterocycles. The van der Waals surface area contributed by atoms with Crippen LogP contribution in [0.15, 0.2) is 4.42 Å². The third-order valence-electron chi connectivity index (χ3n) is 2.38. The molecule has 0 aromatic carbocycles. The number of ether oxygens (including phenoxy) is 1. The highest BCUT2D eigenvalue weighted by molar-refractivity contribution is 4.89. The quantitative estimate of drug-likeness (QED) is 0.685. The fourth-order valence-corrected chi connectivity index (χ4v) is 1.53. The minimum absolute atomic E-state index is 0.175. The van der Waals surface area contributed by atoms with Crippen LogP contribution in [-0.4, -0.2) is 30.5 Å². The van der Waals surface area contributed by atoms with Crippen LogP contribution >= 0.6 is 0 Å². The summed E-state index contributed by atoms with van der Waals surface area (Å²) in [6, 6.07) is 0.175. The molecule has 1 rings (SSSR count). The van der Waals surface area contributed by atoms with E-state index in [1.165, 1.54) is 0 Å². The molecule has 0 fully saturated rings. The van der Waals surface area contributed by atoms with Gasteiger partial charge in [0.1, 0.15) is 0 Å². The number of hydrogen-bond acceptors (Lipinski definition) is 5. The Morgan fingerprint density at radius 1 is 1.38 bits per heavy atom. The van der Waals surface area contributed by atoms with Gasteiger partial charge in [0.25, 0.3) is 0 Å². The zero-order valence-corrected chi connectivity index (χ0v) is 10.3. The Labute approximate surface area is 96.6 Å². The van der Waals surface area contributed by atoms with Gasteiger partial charge in [-0.2, -0.15) is 0 Å². The van der Waals surface area contributed by atoms with Crippen LogP contribution in [0.3, 0.4) is 0 Å². The monoisotopic (exact) mass is 227 g/mol. The Kier molecular flexibility index (Phi) is 6.03. The van der Waals surface area contributed by atoms with E-state index in [0.717, 1.165) is 32.4 Å². The van der Waals surface area contributed by atoms with Crippen molar-refractivity contribution < 1.29 is 9.15 Å². The van der Waals surface area contributed by atoms with Gasteiger partial charge >= 0.3 is 0 Å². The highest BCUT2D eigenvalue weighted by Gasteiger charge is 2.15. The molecule has 5 heteroatoms. The SMILES string of the molecule is CCNC(CC)c1nnc(CCCOC)o1. The lowest BCUT2D eigenvalue weighted by Crippen LogP contribution is -2.20. The second-order valence-corrected chi connectivity index (χ2v) is 3.65. The van der Waals surface area contributed by atoms with E-state index in [-0.39, 0.29) is 6.04 Å². The van der Waals surface area contributed by atoms with Crippen molar-refractivity contribution >= 4 is 0 Å². The summed E-state index contributed by atoms with van der Waals surface area (Å²) in [4.78, 5) is 0. The zero-order valence-electron chi connectivity index (χ0n) is 10.3. The third kappa shape index (κ3) is 3.90. The number of nitrogens with one attached hydrogen (secondary N) is 1. The molecule has 16 heavy (non-hydrogen) atoms. The van der Waals surface area contributed by atoms with Gasteiger partial charge in [-0.15, -0.1) is 10.2 Å². The van der Waals surface area contributed by atoms with Gasteiger partial charge in [0.05, 0.1) is 6.04 Å². The van der Waals surface area contributed by atoms with E-state index in [2.05, 4.69) is 29.4 Å². The lowest BCUT2D eigenvalue weighted by atomic mass is 10.2. The van der Waals surface area contributed by atoms with Crippen molar-refractivity contribution in [3.05, 3.63) is 11.8 Å². The summed E-state index contributed by atoms with van der Waals surface area (Å²) in [5.74, 6) is 1.39. The van der Waals surface area contributed by atoms with Crippen LogP contribution in [0.2, 0.25) is 0 Å². The zero-order chi connectivity index (χ0) is 11.8. The molecule has 0 aliphatic carbocycles. The average Bonchev–Trinajstić information content (AvgIpc) is 2.75. The van der Waals surface area contributed by atoms with Gasteiger partial charge in [0, 0.05) is 20.1 Å². The second-order valence-electron chi connectivity index (χ2n) is 3.65. The summed E-state index contributed by atoms with van der Waals surface area (Å²) >= 11 is 0. The molecule has 0 amide bonds. The molecule has 92 valence electrons. The van der Waals surface area contributed by atoms with Crippen molar-refractivity contribution in [2.24, 2.45) is 0 Å². The summed E-state index contributed by atoms with van der Waals surface area (Å²) in [5.41, 5.74) is 0. The maximum absolute atomic E-state index is 5.60. The van der Waals surface area contributed by atoms with E-state index in [1.54, 1.807) is 7.11 Å². The first kappa shape index (κ1) is 13.1. The lowest BCUT2D eigenvalue weighted by Gasteiger charge is -2.09. The maximum Gasteiger partial charge on any atom is 0.233 e. The predicted molar refractivity (Wildman–Crippen MR) is 61.2 cm³/mol. The van der Waals surface area contributed by atoms with E-state index < -0.39 is 0 Å². The number of hydrogen-bond donors (Lipinski definition) is 1. The van der Waals surface area contributed by atoms with Gasteiger partial charge in [0.15, 0.2) is 0 Å². The molecule has 0 spiro atoms. The van der Waals surface area contributed by atoms with Crippen LogP contribution in [0.25, 0.3) is 0 Å². The van der Waals surface area contributed by atoms with E-state index in [0.29, 0.717) is 11.8 Å². The van der Waals surface area contributed by atoms with Gasteiger partial charge in [-0.05, 0) is 19.4 Å². The molecule has 0 saturated carbocycles. The van der Waals surface area contributed by atoms with E-state index in [9.17, 15) is 0 Å². The number of nitrogens with zero attached hydrogens (tertiary/aromatic N) is 2. The van der Waals surface area contributed by atoms with Crippen LogP contribution in [0.4, 0.5) is 0 Å². The Hall–Kier alpha value is -0.940. The van der Waals surface area contributed by atoms with Gasteiger partial charge < -0.3 is 14.5 Å². The van der Waals surface area contributed by atoms with Gasteiger partial charge in [-0.3, -0.25) is 0 Å². The summed E-state index contributed by atoms with van der Waals surface area (Å²) in [6.07, 6.45) is 2.65. The molecular formula is C11H21N3O2. The lowest BCUT2D eigenvalue weighted by molar-refractivity contribution is 0.192. The first-order valence-electron chi connectivity index (χ1n) is 5.86. The van der Waals surface area contributed by atoms with Crippen molar-refractivity contribution in [1.82, 2.24) is 15.5 Å². The largest absolute Gasteiger partial charge is 0.424 e. The molecule has 0 bridgehead atoms. The van der Waals surface area contributed by atoms with E-state index in [4.69, 9.17) is 9.15 Å². The van der Waals surface area contributed by atoms with Crippen LogP contribution < -0.4 is 5.32 Å². The van der Waals surface area contributed by atoms with Crippen LogP contribution in [-0.2, 0) is 11.2 Å². The minimum Gasteiger partial charge on any atom is -0.424 e. The van der Waals surface area contributed by atoms with Crippen molar-refractivity contribution in [2.75, 3.05) is 20.3 Å². The fourth-order valence-electron chi connectivity index (χ4n) is 1.53. The maximum atomic E-state index is 5.60. The second kappa shape index (κ2) is 7.35. The molecule has 1 heterocycles. The highest BCUT2D eigenvalue weighted by atomic mass is 16.5. The Morgan fingerprint density at radius 2 is 2.19 bits per heavy atom. The molecule has 0 aliphatic rings. The van der Waals surface area contributed by atoms with Crippen LogP contribution in [0.1, 0.15) is 44.5 Å². The molecule has 1 atom stereocenters. The number of aryl methyl sites for hydroxylation is 1. The average molecular weight is 227 g/mol. The van der Waals surface area contributed by atoms with Crippen molar-refractivity contribution in [3.63, 3.8) is 0 Å². The minimum atomic E-state index is 0.175. The Balaban J connectivity index is 2.48. The standard InChI is InChI=1S/C11H21N3O2/c1-4-9(12-5-2)11-14-13-10(16-11)7-6-8-15-3/h9,12H,4-8H2,1-3H3. The van der Waals surface area contributed by atoms with Crippen molar-refractivity contribution in [3.8, 4) is 0 Å². The smallest absolute Gasteiger partial charge is 0.233 e. The first-order chi connectivity index (χ1) is 7.81. The molecule has 0 saturated heterocycles. The summed E-state index contributed by atoms with van der Waals surface area (Å²) in [7, 11) is 1.69. The first-order valence-corrected chi connectivity index (χ1v) is 5.86. The highest BCUT2D eigenvalue weighted by Crippen LogP contribution is 2.15. The Bertz CT molecular complexity index is 289. The molecule has 1 N–H and O–H groups in total. The third-order valence-corrected chi connectivity index (χ3v) is 2.38. The predicted octanol–water partition coefficient (Wildman–Crippen LogP) is 1.71. The van der Waals surface area contributed by atoms with Gasteiger partial charge in [-0.25, -0.2) is 0 Å². The number of rotatable bonds is 8. The molecular weight excluding hydrogens is 206 g/mol. The van der Waals surface area contributed by atoms with Crippen LogP contribution in [0.5, 0.6) is 0 Å². The topological polar surface area (TPSA) is 60.2 Å². The van der Waals surface area contributed by atoms with E-state index in [1.807, 2.05) is 0 Å². The number of aromatic nitrogens is 2. The van der Waals surface area contributed by atoms with Gasteiger partial charge in [-0.1, -0.05) is 13.8 Å². The normalized spacial score (nSPS) is 12.9. The number of methoxy groups -OCH3 is 1. The Morgan fingerprint density at radius 3 is 2.81 bits per heavy atom. The summed E-state index contributed by atoms with van der Waals surface area (Å²) in [6.45, 7) is 5.79.